The van der Waals surface area contributed by atoms with Crippen LogP contribution in [0, 0.1) is 5.92 Å². The number of nitrogens with zero attached hydrogens (tertiary/aromatic N) is 3. The fourth-order valence-electron chi connectivity index (χ4n) is 4.36. The van der Waals surface area contributed by atoms with E-state index < -0.39 is 6.09 Å². The lowest BCUT2D eigenvalue weighted by atomic mass is 9.86. The molecule has 1 aliphatic rings. The molecule has 3 aromatic rings. The van der Waals surface area contributed by atoms with E-state index in [4.69, 9.17) is 0 Å². The molecule has 0 bridgehead atoms. The monoisotopic (exact) mass is 421 g/mol. The molecule has 5 nitrogen and oxygen atoms in total. The Morgan fingerprint density at radius 2 is 1.97 bits per heavy atom. The smallest absolute Gasteiger partial charge is 0.407 e. The van der Waals surface area contributed by atoms with E-state index in [0.29, 0.717) is 19.0 Å². The van der Waals surface area contributed by atoms with E-state index >= 15 is 0 Å². The minimum atomic E-state index is -0.813. The van der Waals surface area contributed by atoms with E-state index in [1.807, 2.05) is 5.38 Å². The molecule has 0 radical (unpaired) electrons. The number of fused-ring (bicyclic) bond motifs is 1. The van der Waals surface area contributed by atoms with Crippen LogP contribution in [0.1, 0.15) is 48.4 Å². The Balaban J connectivity index is 1.55. The lowest BCUT2D eigenvalue weighted by molar-refractivity contribution is 0.142. The van der Waals surface area contributed by atoms with Crippen molar-refractivity contribution in [3.05, 3.63) is 70.1 Å². The fourth-order valence-corrected chi connectivity index (χ4v) is 4.82. The zero-order valence-electron chi connectivity index (χ0n) is 17.4. The van der Waals surface area contributed by atoms with Crippen LogP contribution < -0.4 is 0 Å². The van der Waals surface area contributed by atoms with Crippen LogP contribution in [0.25, 0.3) is 11.3 Å². The summed E-state index contributed by atoms with van der Waals surface area (Å²) in [5.41, 5.74) is 7.13. The maximum absolute atomic E-state index is 11.6. The molecule has 0 saturated carbocycles. The molecule has 1 aliphatic heterocycles. The predicted octanol–water partition coefficient (Wildman–Crippen LogP) is 5.46. The molecular weight excluding hydrogens is 394 g/mol. The number of carbonyl (C=O) groups is 1. The highest BCUT2D eigenvalue weighted by molar-refractivity contribution is 7.03. The zero-order chi connectivity index (χ0) is 21.1. The number of rotatable bonds is 5. The highest BCUT2D eigenvalue weighted by atomic mass is 32.1. The number of amides is 1. The summed E-state index contributed by atoms with van der Waals surface area (Å²) in [6.07, 6.45) is 1.83. The van der Waals surface area contributed by atoms with E-state index in [-0.39, 0.29) is 5.92 Å². The second kappa shape index (κ2) is 8.96. The third-order valence-electron chi connectivity index (χ3n) is 5.78. The molecule has 0 saturated heterocycles. The molecule has 1 unspecified atom stereocenters. The van der Waals surface area contributed by atoms with Gasteiger partial charge in [0.25, 0.3) is 0 Å². The van der Waals surface area contributed by atoms with Crippen molar-refractivity contribution in [1.82, 2.24) is 14.5 Å². The molecule has 2 aromatic carbocycles. The molecule has 0 fully saturated rings. The Morgan fingerprint density at radius 1 is 1.20 bits per heavy atom. The minimum absolute atomic E-state index is 0.263. The largest absolute Gasteiger partial charge is 0.465 e. The summed E-state index contributed by atoms with van der Waals surface area (Å²) >= 11 is 1.36. The van der Waals surface area contributed by atoms with E-state index in [9.17, 15) is 9.90 Å². The van der Waals surface area contributed by atoms with Crippen LogP contribution in [0.3, 0.4) is 0 Å². The molecule has 4 rings (SSSR count). The van der Waals surface area contributed by atoms with Gasteiger partial charge in [0.1, 0.15) is 5.69 Å². The van der Waals surface area contributed by atoms with Crippen molar-refractivity contribution in [2.45, 2.75) is 39.0 Å². The van der Waals surface area contributed by atoms with Crippen molar-refractivity contribution in [2.75, 3.05) is 13.1 Å². The average molecular weight is 422 g/mol. The summed E-state index contributed by atoms with van der Waals surface area (Å²) in [6, 6.07) is 15.2. The molecule has 1 N–H and O–H groups in total. The van der Waals surface area contributed by atoms with Crippen LogP contribution in [-0.2, 0) is 12.8 Å². The lowest BCUT2D eigenvalue weighted by Gasteiger charge is -2.24. The van der Waals surface area contributed by atoms with E-state index in [1.54, 1.807) is 4.90 Å². The second-order valence-corrected chi connectivity index (χ2v) is 9.11. The molecule has 1 atom stereocenters. The van der Waals surface area contributed by atoms with Crippen molar-refractivity contribution in [1.29, 1.82) is 0 Å². The average Bonchev–Trinajstić information content (AvgIpc) is 3.19. The molecular formula is C24H27N3O2S. The maximum Gasteiger partial charge on any atom is 0.407 e. The molecule has 30 heavy (non-hydrogen) atoms. The number of hydrogen-bond acceptors (Lipinski definition) is 4. The third kappa shape index (κ3) is 4.70. The topological polar surface area (TPSA) is 66.3 Å². The Hall–Kier alpha value is -2.73. The highest BCUT2D eigenvalue weighted by Crippen LogP contribution is 2.32. The van der Waals surface area contributed by atoms with Gasteiger partial charge < -0.3 is 10.0 Å². The van der Waals surface area contributed by atoms with Crippen molar-refractivity contribution in [2.24, 2.45) is 5.92 Å². The van der Waals surface area contributed by atoms with Crippen LogP contribution in [-0.4, -0.2) is 38.8 Å². The van der Waals surface area contributed by atoms with Gasteiger partial charge in [-0.1, -0.05) is 60.8 Å². The second-order valence-electron chi connectivity index (χ2n) is 8.50. The first-order chi connectivity index (χ1) is 14.5. The summed E-state index contributed by atoms with van der Waals surface area (Å²) in [5, 5.41) is 15.6. The van der Waals surface area contributed by atoms with Crippen molar-refractivity contribution in [3.8, 4) is 11.3 Å². The molecule has 0 aliphatic carbocycles. The Morgan fingerprint density at radius 3 is 2.63 bits per heavy atom. The SMILES string of the molecule is CC(C)CC1CN(C(=O)O)CCc2cc(Cc3ccc(-c4csnn4)cc3)ccc21. The number of hydrogen-bond donors (Lipinski definition) is 1. The van der Waals surface area contributed by atoms with Crippen LogP contribution in [0.15, 0.2) is 47.8 Å². The van der Waals surface area contributed by atoms with Crippen LogP contribution >= 0.6 is 11.5 Å². The van der Waals surface area contributed by atoms with Gasteiger partial charge in [0, 0.05) is 30.0 Å². The summed E-state index contributed by atoms with van der Waals surface area (Å²) in [5.74, 6) is 0.793. The first-order valence-corrected chi connectivity index (χ1v) is 11.3. The Kier molecular flexibility index (Phi) is 6.13. The van der Waals surface area contributed by atoms with Crippen molar-refractivity contribution in [3.63, 3.8) is 0 Å². The zero-order valence-corrected chi connectivity index (χ0v) is 18.2. The molecule has 2 heterocycles. The molecule has 6 heteroatoms. The fraction of sp³-hybridized carbons (Fsp3) is 0.375. The van der Waals surface area contributed by atoms with Gasteiger partial charge in [0.2, 0.25) is 0 Å². The number of carboxylic acid groups (broad SMARTS) is 1. The summed E-state index contributed by atoms with van der Waals surface area (Å²) in [7, 11) is 0. The van der Waals surface area contributed by atoms with Crippen molar-refractivity contribution < 1.29 is 9.90 Å². The van der Waals surface area contributed by atoms with Gasteiger partial charge in [-0.3, -0.25) is 0 Å². The first kappa shape index (κ1) is 20.5. The van der Waals surface area contributed by atoms with Crippen molar-refractivity contribution >= 4 is 17.6 Å². The first-order valence-electron chi connectivity index (χ1n) is 10.5. The molecule has 156 valence electrons. The summed E-state index contributed by atoms with van der Waals surface area (Å²) in [6.45, 7) is 5.56. The predicted molar refractivity (Wildman–Crippen MR) is 120 cm³/mol. The molecule has 0 spiro atoms. The number of aromatic nitrogens is 2. The van der Waals surface area contributed by atoms with Gasteiger partial charge in [-0.15, -0.1) is 5.10 Å². The molecule has 1 amide bonds. The maximum atomic E-state index is 11.6. The Bertz CT molecular complexity index is 1000. The van der Waals surface area contributed by atoms with Crippen LogP contribution in [0.5, 0.6) is 0 Å². The van der Waals surface area contributed by atoms with Gasteiger partial charge in [0.05, 0.1) is 0 Å². The van der Waals surface area contributed by atoms with E-state index in [1.165, 1.54) is 33.8 Å². The quantitative estimate of drug-likeness (QED) is 0.594. The molecule has 1 aromatic heterocycles. The van der Waals surface area contributed by atoms with Gasteiger partial charge in [-0.05, 0) is 59.0 Å². The standard InChI is InChI=1S/C24H27N3O2S/c1-16(2)11-21-14-27(24(28)29)10-9-20-13-18(5-8-22(20)21)12-17-3-6-19(7-4-17)23-15-30-26-25-23/h3-8,13,15-16,21H,9-12,14H2,1-2H3,(H,28,29). The highest BCUT2D eigenvalue weighted by Gasteiger charge is 2.26. The Labute approximate surface area is 181 Å². The van der Waals surface area contributed by atoms with Crippen LogP contribution in [0.4, 0.5) is 4.79 Å². The number of benzene rings is 2. The third-order valence-corrected chi connectivity index (χ3v) is 6.29. The van der Waals surface area contributed by atoms with Crippen LogP contribution in [0.2, 0.25) is 0 Å². The minimum Gasteiger partial charge on any atom is -0.465 e. The van der Waals surface area contributed by atoms with Gasteiger partial charge >= 0.3 is 6.09 Å². The lowest BCUT2D eigenvalue weighted by Crippen LogP contribution is -2.33. The van der Waals surface area contributed by atoms with Gasteiger partial charge in [0.15, 0.2) is 0 Å². The van der Waals surface area contributed by atoms with Gasteiger partial charge in [-0.2, -0.15) is 0 Å². The van der Waals surface area contributed by atoms with E-state index in [0.717, 1.165) is 30.5 Å². The summed E-state index contributed by atoms with van der Waals surface area (Å²) in [4.78, 5) is 13.2. The summed E-state index contributed by atoms with van der Waals surface area (Å²) < 4.78 is 3.93. The van der Waals surface area contributed by atoms with Gasteiger partial charge in [-0.25, -0.2) is 4.79 Å². The van der Waals surface area contributed by atoms with E-state index in [2.05, 4.69) is 65.9 Å². The normalized spacial score (nSPS) is 16.4.